The third-order valence-electron chi connectivity index (χ3n) is 14.3. The molecule has 0 aliphatic carbocycles. The number of unbranched alkanes of at least 4 members (excludes halogenated alkanes) is 16. The molecule has 0 aromatic heterocycles. The van der Waals surface area contributed by atoms with Crippen LogP contribution in [0.1, 0.15) is 193 Å². The highest BCUT2D eigenvalue weighted by molar-refractivity contribution is 5.84. The van der Waals surface area contributed by atoms with E-state index in [1.165, 1.54) is 0 Å². The normalized spacial score (nSPS) is 11.3. The Kier molecular flexibility index (Phi) is 74.8. The maximum atomic E-state index is 11.9. The van der Waals surface area contributed by atoms with E-state index in [1.807, 2.05) is 0 Å². The van der Waals surface area contributed by atoms with Crippen LogP contribution in [0.2, 0.25) is 0 Å². The lowest BCUT2D eigenvalue weighted by molar-refractivity contribution is -0.758. The van der Waals surface area contributed by atoms with Gasteiger partial charge in [0.15, 0.2) is 0 Å². The van der Waals surface area contributed by atoms with E-state index < -0.39 is 88.6 Å². The largest absolute Gasteiger partial charge is 0.466 e. The SMILES string of the molecule is NC(CC(=O)OCCCCCCO[N+](=O)[O-])C(=O)OCCCCCCO[N+](=O)[O-].NC(CCC(=O)NCCCCCCO[N+](=O)[O-])C(=O)NCCCCCCO[N+](=O)[O-].NC(CCC(=O)NCCCCCO[N+](=O)[O-])C(=O)NCCOCCO[N+](=O)[O-].NC(CCC(=O)NCCCCO[N+](=O)[O-])C(=O)NCCCCO[N+](=O)[O-]. The number of amides is 6. The molecule has 4 atom stereocenters. The first-order valence-corrected chi connectivity index (χ1v) is 36.5. The number of hydrogen-bond donors (Lipinski definition) is 10. The van der Waals surface area contributed by atoms with E-state index >= 15 is 0 Å². The molecular formula is C60H114N18O35. The van der Waals surface area contributed by atoms with Crippen molar-refractivity contribution in [3.63, 3.8) is 0 Å². The van der Waals surface area contributed by atoms with Gasteiger partial charge in [-0.2, -0.15) is 0 Å². The first kappa shape index (κ1) is 108. The van der Waals surface area contributed by atoms with Gasteiger partial charge in [-0.15, -0.1) is 80.9 Å². The number of nitrogens with one attached hydrogen (secondary N) is 6. The van der Waals surface area contributed by atoms with E-state index in [1.54, 1.807) is 0 Å². The molecule has 113 heavy (non-hydrogen) atoms. The van der Waals surface area contributed by atoms with Gasteiger partial charge in [0, 0.05) is 58.5 Å². The van der Waals surface area contributed by atoms with E-state index in [2.05, 4.69) is 70.6 Å². The summed E-state index contributed by atoms with van der Waals surface area (Å²) < 4.78 is 15.0. The van der Waals surface area contributed by atoms with Gasteiger partial charge >= 0.3 is 11.9 Å². The summed E-state index contributed by atoms with van der Waals surface area (Å²) in [6.45, 7) is 2.74. The van der Waals surface area contributed by atoms with Crippen LogP contribution in [-0.4, -0.2) is 231 Å². The Labute approximate surface area is 648 Å². The van der Waals surface area contributed by atoms with Gasteiger partial charge in [0.25, 0.3) is 40.7 Å². The molecule has 53 heteroatoms. The zero-order valence-electron chi connectivity index (χ0n) is 63.4. The average molecular weight is 1650 g/mol. The van der Waals surface area contributed by atoms with Gasteiger partial charge < -0.3 is 108 Å². The number of nitrogens with zero attached hydrogens (tertiary/aromatic N) is 8. The van der Waals surface area contributed by atoms with Gasteiger partial charge in [0.2, 0.25) is 35.4 Å². The van der Waals surface area contributed by atoms with Crippen molar-refractivity contribution in [1.29, 1.82) is 0 Å². The third-order valence-corrected chi connectivity index (χ3v) is 14.3. The molecule has 0 radical (unpaired) electrons. The number of hydrogen-bond acceptors (Lipinski definition) is 39. The molecule has 0 heterocycles. The zero-order chi connectivity index (χ0) is 85.5. The average Bonchev–Trinajstić information content (AvgIpc) is 0.966. The van der Waals surface area contributed by atoms with Crippen LogP contribution < -0.4 is 54.8 Å². The number of nitrogens with two attached hydrogens (primary N) is 4. The summed E-state index contributed by atoms with van der Waals surface area (Å²) in [6, 6.07) is -3.53. The van der Waals surface area contributed by atoms with Gasteiger partial charge in [0.1, 0.15) is 12.6 Å². The third kappa shape index (κ3) is 88.3. The maximum absolute atomic E-state index is 11.9. The summed E-state index contributed by atoms with van der Waals surface area (Å²) in [4.78, 5) is 206. The number of esters is 2. The molecule has 0 saturated carbocycles. The van der Waals surface area contributed by atoms with Gasteiger partial charge in [0.05, 0.1) is 97.2 Å². The Balaban J connectivity index is -0.000000702. The lowest BCUT2D eigenvalue weighted by atomic mass is 10.1. The van der Waals surface area contributed by atoms with Gasteiger partial charge in [-0.25, -0.2) is 0 Å². The molecule has 0 aliphatic heterocycles. The molecule has 4 unspecified atom stereocenters. The van der Waals surface area contributed by atoms with Crippen LogP contribution in [0.15, 0.2) is 0 Å². The lowest BCUT2D eigenvalue weighted by Gasteiger charge is -2.12. The minimum Gasteiger partial charge on any atom is -0.466 e. The highest BCUT2D eigenvalue weighted by Gasteiger charge is 2.21. The Morgan fingerprint density at radius 2 is 0.487 bits per heavy atom. The maximum Gasteiger partial charge on any atom is 0.323 e. The topological polar surface area (TPSA) is 759 Å². The van der Waals surface area contributed by atoms with E-state index in [4.69, 9.17) is 37.1 Å². The van der Waals surface area contributed by atoms with Crippen molar-refractivity contribution in [2.45, 2.75) is 217 Å². The predicted octanol–water partition coefficient (Wildman–Crippen LogP) is 0.424. The molecule has 53 nitrogen and oxygen atoms in total. The summed E-state index contributed by atoms with van der Waals surface area (Å²) in [7, 11) is 0. The summed E-state index contributed by atoms with van der Waals surface area (Å²) in [5, 5.41) is 88.6. The second kappa shape index (κ2) is 77.9. The molecule has 14 N–H and O–H groups in total. The van der Waals surface area contributed by atoms with Crippen LogP contribution in [0.4, 0.5) is 0 Å². The standard InChI is InChI=1S/C17H33N5O8.C16H29N3O10.C14H27N5O9.C13H25N5O8/c18-15(17(24)20-12-6-2-4-8-14-30-22(27)28)9-10-16(23)19-11-5-1-3-7-13-29-21(25)26;17-14(16(21)27-10-6-2-4-8-12-29-19(24)25)13-15(20)26-9-5-1-3-7-11-28-18(22)23;15-12(14(21)17-7-9-26-10-11-28-19(24)25)4-5-13(20)16-6-2-1-3-8-27-18(22)23;14-11(13(20)16-8-2-4-10-26-18(23)24)5-6-12(19)15-7-1-3-9-25-17(21)22/h15H,1-14,18H2,(H,19,23)(H,20,24);14H,1-13,17H2;12H,1-11,15H2,(H,16,20)(H,17,21);11H,1-10,14H2,(H,15,19)(H,16,20). The van der Waals surface area contributed by atoms with Crippen LogP contribution in [0.25, 0.3) is 0 Å². The zero-order valence-corrected chi connectivity index (χ0v) is 63.4. The highest BCUT2D eigenvalue weighted by Crippen LogP contribution is 2.08. The molecule has 0 saturated heterocycles. The highest BCUT2D eigenvalue weighted by atomic mass is 17.0. The summed E-state index contributed by atoms with van der Waals surface area (Å²) in [5.41, 5.74) is 22.8. The van der Waals surface area contributed by atoms with Crippen LogP contribution in [-0.2, 0) is 91.3 Å². The lowest BCUT2D eigenvalue weighted by Crippen LogP contribution is -2.42. The number of rotatable bonds is 73. The smallest absolute Gasteiger partial charge is 0.323 e. The molecule has 0 rings (SSSR count). The van der Waals surface area contributed by atoms with Crippen molar-refractivity contribution in [3.05, 3.63) is 80.9 Å². The minimum atomic E-state index is -1.10. The van der Waals surface area contributed by atoms with Crippen molar-refractivity contribution < 1.29 is 132 Å². The van der Waals surface area contributed by atoms with E-state index in [9.17, 15) is 119 Å². The van der Waals surface area contributed by atoms with Crippen LogP contribution in [0, 0.1) is 80.9 Å². The molecule has 0 bridgehead atoms. The number of ether oxygens (including phenoxy) is 3. The van der Waals surface area contributed by atoms with Crippen molar-refractivity contribution in [1.82, 2.24) is 31.9 Å². The Morgan fingerprint density at radius 1 is 0.257 bits per heavy atom. The summed E-state index contributed by atoms with van der Waals surface area (Å²) in [6.07, 6.45) is 15.3. The second-order valence-corrected chi connectivity index (χ2v) is 23.8. The van der Waals surface area contributed by atoms with Crippen LogP contribution in [0.5, 0.6) is 0 Å². The number of carbonyl (C=O) groups excluding carboxylic acids is 8. The fraction of sp³-hybridized carbons (Fsp3) is 0.867. The molecule has 0 aliphatic rings. The Hall–Kier alpha value is -10.8. The molecule has 654 valence electrons. The van der Waals surface area contributed by atoms with Gasteiger partial charge in [-0.1, -0.05) is 38.5 Å². The molecule has 0 aromatic rings. The molecular weight excluding hydrogens is 1530 g/mol. The van der Waals surface area contributed by atoms with Crippen LogP contribution in [0.3, 0.4) is 0 Å². The Morgan fingerprint density at radius 3 is 0.788 bits per heavy atom. The van der Waals surface area contributed by atoms with Crippen LogP contribution >= 0.6 is 0 Å². The van der Waals surface area contributed by atoms with E-state index in [0.29, 0.717) is 135 Å². The van der Waals surface area contributed by atoms with Crippen molar-refractivity contribution in [3.8, 4) is 0 Å². The van der Waals surface area contributed by atoms with Crippen molar-refractivity contribution in [2.24, 2.45) is 22.9 Å². The summed E-state index contributed by atoms with van der Waals surface area (Å²) in [5.74, 6) is -3.10. The van der Waals surface area contributed by atoms with Gasteiger partial charge in [-0.05, 0) is 128 Å². The molecule has 0 aromatic carbocycles. The Bertz CT molecular complexity index is 2670. The minimum absolute atomic E-state index is 0.0197. The van der Waals surface area contributed by atoms with Crippen molar-refractivity contribution in [2.75, 3.05) is 119 Å². The van der Waals surface area contributed by atoms with E-state index in [-0.39, 0.29) is 154 Å². The predicted molar refractivity (Wildman–Crippen MR) is 385 cm³/mol. The molecule has 0 spiro atoms. The molecule has 6 amide bonds. The fourth-order valence-corrected chi connectivity index (χ4v) is 8.43. The monoisotopic (exact) mass is 1650 g/mol. The second-order valence-electron chi connectivity index (χ2n) is 23.8. The van der Waals surface area contributed by atoms with E-state index in [0.717, 1.165) is 44.9 Å². The first-order chi connectivity index (χ1) is 53.8. The first-order valence-electron chi connectivity index (χ1n) is 36.5. The number of carbonyl (C=O) groups is 8. The fourth-order valence-electron chi connectivity index (χ4n) is 8.43. The quantitative estimate of drug-likeness (QED) is 0.0171. The summed E-state index contributed by atoms with van der Waals surface area (Å²) >= 11 is 0. The van der Waals surface area contributed by atoms with Crippen molar-refractivity contribution >= 4 is 47.4 Å². The molecule has 0 fully saturated rings. The van der Waals surface area contributed by atoms with Gasteiger partial charge in [-0.3, -0.25) is 38.4 Å².